The van der Waals surface area contributed by atoms with Crippen LogP contribution >= 0.6 is 0 Å². The molecule has 2 heteroatoms. The van der Waals surface area contributed by atoms with Gasteiger partial charge in [0.15, 0.2) is 0 Å². The fourth-order valence-corrected chi connectivity index (χ4v) is 0.664. The van der Waals surface area contributed by atoms with Gasteiger partial charge in [-0.15, -0.1) is 6.58 Å². The average Bonchev–Trinajstić information content (AvgIpc) is 1.83. The molecule has 0 amide bonds. The van der Waals surface area contributed by atoms with Crippen LogP contribution in [0.2, 0.25) is 0 Å². The minimum atomic E-state index is 0. The molecule has 0 aliphatic carbocycles. The molecule has 0 aromatic heterocycles. The van der Waals surface area contributed by atoms with Crippen LogP contribution in [0.3, 0.4) is 0 Å². The van der Waals surface area contributed by atoms with E-state index < -0.39 is 0 Å². The first kappa shape index (κ1) is 12.2. The minimum absolute atomic E-state index is 0. The van der Waals surface area contributed by atoms with Crippen LogP contribution in [0.1, 0.15) is 13.8 Å². The van der Waals surface area contributed by atoms with Gasteiger partial charge in [-0.1, -0.05) is 19.9 Å². The van der Waals surface area contributed by atoms with E-state index in [-0.39, 0.29) is 23.9 Å². The zero-order valence-corrected chi connectivity index (χ0v) is 5.85. The number of hydrogen-bond acceptors (Lipinski definition) is 1. The van der Waals surface area contributed by atoms with Crippen molar-refractivity contribution in [3.8, 4) is 0 Å². The number of likely N-dealkylation sites (N-methyl/N-ethyl adjacent to an activating group) is 1. The van der Waals surface area contributed by atoms with Crippen LogP contribution in [-0.2, 0) is 0 Å². The normalized spacial score (nSPS) is 8.78. The predicted octanol–water partition coefficient (Wildman–Crippen LogP) is 0.0626. The number of hydrogen-bond donors (Lipinski definition) is 0. The van der Waals surface area contributed by atoms with Gasteiger partial charge in [0.1, 0.15) is 0 Å². The van der Waals surface area contributed by atoms with Crippen molar-refractivity contribution in [2.45, 2.75) is 13.8 Å². The topological polar surface area (TPSA) is 3.24 Å². The third-order valence-corrected chi connectivity index (χ3v) is 1.28. The van der Waals surface area contributed by atoms with Gasteiger partial charge < -0.3 is 4.90 Å². The monoisotopic (exact) mass is 237 g/mol. The molecule has 0 aliphatic rings. The Kier molecular flexibility index (Phi) is 11.5. The van der Waals surface area contributed by atoms with E-state index in [2.05, 4.69) is 25.3 Å². The van der Waals surface area contributed by atoms with Crippen LogP contribution in [0.25, 0.3) is 0 Å². The molecule has 0 spiro atoms. The van der Waals surface area contributed by atoms with E-state index in [1.807, 2.05) is 6.08 Å². The van der Waals surface area contributed by atoms with Crippen molar-refractivity contribution >= 4 is 23.9 Å². The standard InChI is InChI=1S/C7H15N.Sn.4H/c1-4-7-8(5-2)6-3;;;;;/h4H,1,5-7H2,2-3H3;;;;;. The van der Waals surface area contributed by atoms with Crippen molar-refractivity contribution in [3.63, 3.8) is 0 Å². The third kappa shape index (κ3) is 6.38. The molecule has 0 saturated carbocycles. The summed E-state index contributed by atoms with van der Waals surface area (Å²) >= 11 is 0. The summed E-state index contributed by atoms with van der Waals surface area (Å²) in [7, 11) is 0. The van der Waals surface area contributed by atoms with E-state index in [1.54, 1.807) is 0 Å². The summed E-state index contributed by atoms with van der Waals surface area (Å²) in [6.45, 7) is 11.2. The van der Waals surface area contributed by atoms with Crippen molar-refractivity contribution < 1.29 is 0 Å². The van der Waals surface area contributed by atoms with Crippen LogP contribution in [0.4, 0.5) is 0 Å². The van der Waals surface area contributed by atoms with Crippen molar-refractivity contribution in [3.05, 3.63) is 12.7 Å². The second-order valence-corrected chi connectivity index (χ2v) is 1.77. The molecule has 0 rings (SSSR count). The second kappa shape index (κ2) is 8.50. The second-order valence-electron chi connectivity index (χ2n) is 1.77. The van der Waals surface area contributed by atoms with Gasteiger partial charge in [-0.2, -0.15) is 0 Å². The van der Waals surface area contributed by atoms with Gasteiger partial charge in [0.25, 0.3) is 0 Å². The first-order valence-corrected chi connectivity index (χ1v) is 3.18. The zero-order valence-electron chi connectivity index (χ0n) is 5.85. The summed E-state index contributed by atoms with van der Waals surface area (Å²) < 4.78 is 0. The third-order valence-electron chi connectivity index (χ3n) is 1.28. The average molecular weight is 236 g/mol. The molecule has 0 bridgehead atoms. The van der Waals surface area contributed by atoms with Gasteiger partial charge >= 0.3 is 23.9 Å². The fourth-order valence-electron chi connectivity index (χ4n) is 0.664. The van der Waals surface area contributed by atoms with Gasteiger partial charge in [-0.05, 0) is 13.1 Å². The SMILES string of the molecule is C=CCN(CC)CC.[SnH4]. The van der Waals surface area contributed by atoms with Gasteiger partial charge in [0, 0.05) is 6.54 Å². The maximum atomic E-state index is 3.65. The molecule has 0 N–H and O–H groups in total. The quantitative estimate of drug-likeness (QED) is 0.493. The molecule has 0 unspecified atom stereocenters. The molecule has 0 radical (unpaired) electrons. The Bertz CT molecular complexity index is 59.9. The van der Waals surface area contributed by atoms with E-state index in [0.717, 1.165) is 19.6 Å². The molecule has 1 nitrogen and oxygen atoms in total. The Balaban J connectivity index is 0. The summed E-state index contributed by atoms with van der Waals surface area (Å²) in [5.74, 6) is 0. The molecule has 0 atom stereocenters. The number of rotatable bonds is 4. The van der Waals surface area contributed by atoms with Crippen molar-refractivity contribution in [1.29, 1.82) is 0 Å². The molecule has 0 aromatic carbocycles. The van der Waals surface area contributed by atoms with E-state index in [0.29, 0.717) is 0 Å². The Morgan fingerprint density at radius 2 is 1.78 bits per heavy atom. The van der Waals surface area contributed by atoms with E-state index in [4.69, 9.17) is 0 Å². The summed E-state index contributed by atoms with van der Waals surface area (Å²) in [5.41, 5.74) is 0. The summed E-state index contributed by atoms with van der Waals surface area (Å²) in [6, 6.07) is 0. The van der Waals surface area contributed by atoms with Crippen LogP contribution < -0.4 is 0 Å². The molecule has 0 fully saturated rings. The molecular formula is C7H19NSn. The van der Waals surface area contributed by atoms with Gasteiger partial charge in [0.2, 0.25) is 0 Å². The Labute approximate surface area is 75.1 Å². The molecule has 0 heterocycles. The molecule has 56 valence electrons. The van der Waals surface area contributed by atoms with Gasteiger partial charge in [-0.3, -0.25) is 0 Å². The molecule has 0 aromatic rings. The van der Waals surface area contributed by atoms with Crippen molar-refractivity contribution in [2.24, 2.45) is 0 Å². The maximum absolute atomic E-state index is 3.65. The van der Waals surface area contributed by atoms with E-state index >= 15 is 0 Å². The first-order chi connectivity index (χ1) is 3.85. The van der Waals surface area contributed by atoms with E-state index in [1.165, 1.54) is 0 Å². The van der Waals surface area contributed by atoms with Crippen LogP contribution in [0, 0.1) is 0 Å². The molecule has 0 aliphatic heterocycles. The first-order valence-electron chi connectivity index (χ1n) is 3.18. The van der Waals surface area contributed by atoms with Crippen LogP contribution in [0.5, 0.6) is 0 Å². The molecule has 0 saturated heterocycles. The molecular weight excluding hydrogens is 217 g/mol. The molecule has 9 heavy (non-hydrogen) atoms. The summed E-state index contributed by atoms with van der Waals surface area (Å²) in [5, 5.41) is 0. The van der Waals surface area contributed by atoms with Gasteiger partial charge in [-0.25, -0.2) is 0 Å². The van der Waals surface area contributed by atoms with Crippen LogP contribution in [0.15, 0.2) is 12.7 Å². The van der Waals surface area contributed by atoms with E-state index in [9.17, 15) is 0 Å². The van der Waals surface area contributed by atoms with Gasteiger partial charge in [0.05, 0.1) is 0 Å². The Hall–Kier alpha value is 0.499. The zero-order chi connectivity index (χ0) is 6.41. The summed E-state index contributed by atoms with van der Waals surface area (Å²) in [4.78, 5) is 2.31. The van der Waals surface area contributed by atoms with Crippen LogP contribution in [-0.4, -0.2) is 48.4 Å². The fraction of sp³-hybridized carbons (Fsp3) is 0.714. The number of nitrogens with zero attached hydrogens (tertiary/aromatic N) is 1. The van der Waals surface area contributed by atoms with Crippen molar-refractivity contribution in [2.75, 3.05) is 19.6 Å². The predicted molar refractivity (Wildman–Crippen MR) is 49.3 cm³/mol. The summed E-state index contributed by atoms with van der Waals surface area (Å²) in [6.07, 6.45) is 1.94. The van der Waals surface area contributed by atoms with Crippen molar-refractivity contribution in [1.82, 2.24) is 4.90 Å². The Morgan fingerprint density at radius 3 is 1.89 bits per heavy atom. The Morgan fingerprint density at radius 1 is 1.33 bits per heavy atom.